The van der Waals surface area contributed by atoms with Gasteiger partial charge in [0.15, 0.2) is 6.04 Å². The number of nitrogens with zero attached hydrogens (tertiary/aromatic N) is 4. The van der Waals surface area contributed by atoms with E-state index in [-0.39, 0.29) is 6.04 Å². The Morgan fingerprint density at radius 2 is 1.54 bits per heavy atom. The Hall–Kier alpha value is -1.79. The second-order valence-corrected chi connectivity index (χ2v) is 9.06. The monoisotopic (exact) mass is 382 g/mol. The van der Waals surface area contributed by atoms with Crippen molar-refractivity contribution in [2.45, 2.75) is 69.5 Å². The van der Waals surface area contributed by atoms with E-state index in [0.29, 0.717) is 6.04 Å². The first-order chi connectivity index (χ1) is 13.9. The van der Waals surface area contributed by atoms with Crippen LogP contribution in [0.5, 0.6) is 0 Å². The van der Waals surface area contributed by atoms with Crippen LogP contribution in [0.25, 0.3) is 0 Å². The summed E-state index contributed by atoms with van der Waals surface area (Å²) in [7, 11) is 0. The van der Waals surface area contributed by atoms with Crippen LogP contribution in [-0.2, 0) is 0 Å². The van der Waals surface area contributed by atoms with E-state index in [1.54, 1.807) is 4.90 Å². The van der Waals surface area contributed by atoms with Crippen molar-refractivity contribution in [3.8, 4) is 0 Å². The molecule has 3 aliphatic rings. The Morgan fingerprint density at radius 1 is 0.857 bits per heavy atom. The van der Waals surface area contributed by atoms with Crippen molar-refractivity contribution in [1.29, 1.82) is 0 Å². The Balaban J connectivity index is 1.40. The molecule has 6 nitrogen and oxygen atoms in total. The van der Waals surface area contributed by atoms with E-state index >= 15 is 0 Å². The maximum absolute atomic E-state index is 4.58. The molecule has 6 heteroatoms. The average molecular weight is 383 g/mol. The maximum Gasteiger partial charge on any atom is 0.214 e. The molecular formula is C22H34N6+2. The van der Waals surface area contributed by atoms with Crippen LogP contribution in [-0.4, -0.2) is 52.4 Å². The largest absolute Gasteiger partial charge is 0.323 e. The van der Waals surface area contributed by atoms with Gasteiger partial charge in [0.05, 0.1) is 12.1 Å². The summed E-state index contributed by atoms with van der Waals surface area (Å²) in [5.41, 5.74) is 1.36. The standard InChI is InChI=1S/C22H32N6/c1-2-8-18(9-3-1)21(22-23-24-25-28(22)20-12-6-7-13-20)27-16-14-26(15-17-27)19-10-4-5-11-19/h1-3,8-9,19-21H,4-7,10-17H2/p+2/t21-/m0/s1. The van der Waals surface area contributed by atoms with Crippen molar-refractivity contribution >= 4 is 0 Å². The third kappa shape index (κ3) is 3.60. The van der Waals surface area contributed by atoms with Crippen LogP contribution in [0.4, 0.5) is 0 Å². The van der Waals surface area contributed by atoms with Crippen LogP contribution in [0, 0.1) is 0 Å². The van der Waals surface area contributed by atoms with Crippen LogP contribution in [0.2, 0.25) is 0 Å². The predicted octanol–water partition coefficient (Wildman–Crippen LogP) is 0.604. The van der Waals surface area contributed by atoms with Crippen molar-refractivity contribution in [2.24, 2.45) is 0 Å². The van der Waals surface area contributed by atoms with Gasteiger partial charge in [-0.15, -0.1) is 5.10 Å². The van der Waals surface area contributed by atoms with Crippen molar-refractivity contribution in [1.82, 2.24) is 20.2 Å². The van der Waals surface area contributed by atoms with Gasteiger partial charge >= 0.3 is 0 Å². The lowest BCUT2D eigenvalue weighted by molar-refractivity contribution is -1.03. The van der Waals surface area contributed by atoms with Crippen LogP contribution in [0.15, 0.2) is 30.3 Å². The number of nitrogens with one attached hydrogen (secondary N) is 2. The highest BCUT2D eigenvalue weighted by molar-refractivity contribution is 5.22. The molecule has 1 aromatic heterocycles. The number of hydrogen-bond donors (Lipinski definition) is 2. The molecule has 2 saturated carbocycles. The number of tetrazole rings is 1. The summed E-state index contributed by atoms with van der Waals surface area (Å²) in [5.74, 6) is 1.08. The van der Waals surface area contributed by atoms with Crippen molar-refractivity contribution < 1.29 is 9.80 Å². The van der Waals surface area contributed by atoms with E-state index in [9.17, 15) is 0 Å². The fourth-order valence-electron chi connectivity index (χ4n) is 5.94. The van der Waals surface area contributed by atoms with Crippen LogP contribution in [0.1, 0.15) is 74.8 Å². The van der Waals surface area contributed by atoms with Gasteiger partial charge in [-0.25, -0.2) is 4.68 Å². The smallest absolute Gasteiger partial charge is 0.214 e. The molecule has 150 valence electrons. The van der Waals surface area contributed by atoms with E-state index < -0.39 is 0 Å². The zero-order valence-corrected chi connectivity index (χ0v) is 16.9. The molecule has 0 radical (unpaired) electrons. The molecule has 3 fully saturated rings. The summed E-state index contributed by atoms with van der Waals surface area (Å²) in [6, 6.07) is 12.6. The summed E-state index contributed by atoms with van der Waals surface area (Å²) < 4.78 is 2.17. The van der Waals surface area contributed by atoms with E-state index in [1.165, 1.54) is 83.1 Å². The predicted molar refractivity (Wildman–Crippen MR) is 107 cm³/mol. The average Bonchev–Trinajstić information content (AvgIpc) is 3.51. The van der Waals surface area contributed by atoms with Crippen molar-refractivity contribution in [3.63, 3.8) is 0 Å². The van der Waals surface area contributed by atoms with Gasteiger partial charge in [-0.3, -0.25) is 0 Å². The number of piperazine rings is 1. The summed E-state index contributed by atoms with van der Waals surface area (Å²) >= 11 is 0. The first-order valence-corrected chi connectivity index (χ1v) is 11.4. The lowest BCUT2D eigenvalue weighted by Gasteiger charge is -2.36. The minimum Gasteiger partial charge on any atom is -0.323 e. The van der Waals surface area contributed by atoms with E-state index in [4.69, 9.17) is 0 Å². The van der Waals surface area contributed by atoms with Gasteiger partial charge < -0.3 is 9.80 Å². The highest BCUT2D eigenvalue weighted by Crippen LogP contribution is 2.31. The summed E-state index contributed by atoms with van der Waals surface area (Å²) in [6.45, 7) is 4.99. The topological polar surface area (TPSA) is 52.5 Å². The normalized spacial score (nSPS) is 28.0. The molecule has 0 spiro atoms. The van der Waals surface area contributed by atoms with Crippen molar-refractivity contribution in [2.75, 3.05) is 26.2 Å². The number of hydrogen-bond acceptors (Lipinski definition) is 3. The van der Waals surface area contributed by atoms with Gasteiger partial charge in [-0.05, 0) is 49.0 Å². The molecule has 5 rings (SSSR count). The third-order valence-corrected chi connectivity index (χ3v) is 7.46. The molecule has 1 aromatic carbocycles. The molecule has 0 bridgehead atoms. The van der Waals surface area contributed by atoms with Gasteiger partial charge in [-0.2, -0.15) is 0 Å². The summed E-state index contributed by atoms with van der Waals surface area (Å²) in [6.07, 6.45) is 10.8. The third-order valence-electron chi connectivity index (χ3n) is 7.46. The Kier molecular flexibility index (Phi) is 5.41. The first-order valence-electron chi connectivity index (χ1n) is 11.4. The number of rotatable bonds is 5. The zero-order valence-electron chi connectivity index (χ0n) is 16.9. The molecule has 0 unspecified atom stereocenters. The molecule has 1 saturated heterocycles. The van der Waals surface area contributed by atoms with Crippen LogP contribution >= 0.6 is 0 Å². The molecular weight excluding hydrogens is 348 g/mol. The Bertz CT molecular complexity index is 739. The van der Waals surface area contributed by atoms with Gasteiger partial charge in [0.25, 0.3) is 0 Å². The molecule has 2 N–H and O–H groups in total. The molecule has 28 heavy (non-hydrogen) atoms. The molecule has 2 aliphatic carbocycles. The second kappa shape index (κ2) is 8.29. The highest BCUT2D eigenvalue weighted by Gasteiger charge is 2.39. The van der Waals surface area contributed by atoms with Gasteiger partial charge in [0.1, 0.15) is 26.2 Å². The fraction of sp³-hybridized carbons (Fsp3) is 0.682. The molecule has 1 aliphatic heterocycles. The summed E-state index contributed by atoms with van der Waals surface area (Å²) in [5, 5.41) is 13.2. The fourth-order valence-corrected chi connectivity index (χ4v) is 5.94. The van der Waals surface area contributed by atoms with E-state index in [2.05, 4.69) is 50.5 Å². The molecule has 2 heterocycles. The van der Waals surface area contributed by atoms with Gasteiger partial charge in [0.2, 0.25) is 5.82 Å². The maximum atomic E-state index is 4.58. The second-order valence-electron chi connectivity index (χ2n) is 9.06. The molecule has 1 atom stereocenters. The highest BCUT2D eigenvalue weighted by atomic mass is 15.6. The van der Waals surface area contributed by atoms with Crippen molar-refractivity contribution in [3.05, 3.63) is 41.7 Å². The van der Waals surface area contributed by atoms with E-state index in [1.807, 2.05) is 4.90 Å². The zero-order chi connectivity index (χ0) is 18.8. The number of quaternary nitrogens is 2. The lowest BCUT2D eigenvalue weighted by Crippen LogP contribution is -3.29. The van der Waals surface area contributed by atoms with Gasteiger partial charge in [-0.1, -0.05) is 43.2 Å². The number of aromatic nitrogens is 4. The summed E-state index contributed by atoms with van der Waals surface area (Å²) in [4.78, 5) is 3.49. The van der Waals surface area contributed by atoms with Gasteiger partial charge in [0, 0.05) is 5.56 Å². The lowest BCUT2D eigenvalue weighted by atomic mass is 10.0. The minimum atomic E-state index is 0.252. The minimum absolute atomic E-state index is 0.252. The van der Waals surface area contributed by atoms with E-state index in [0.717, 1.165) is 11.9 Å². The number of benzene rings is 1. The molecule has 0 amide bonds. The Labute approximate surface area is 167 Å². The van der Waals surface area contributed by atoms with Crippen LogP contribution in [0.3, 0.4) is 0 Å². The van der Waals surface area contributed by atoms with Crippen LogP contribution < -0.4 is 9.80 Å². The Morgan fingerprint density at radius 3 is 2.25 bits per heavy atom. The first kappa shape index (κ1) is 18.3. The molecule has 2 aromatic rings. The quantitative estimate of drug-likeness (QED) is 0.797. The SMILES string of the molecule is c1ccc([C@@H](c2nnnn2C2CCCC2)[NH+]2CC[NH+](C3CCCC3)CC2)cc1.